The van der Waals surface area contributed by atoms with E-state index in [1.165, 1.54) is 0 Å². The summed E-state index contributed by atoms with van der Waals surface area (Å²) in [6.07, 6.45) is 0.677. The van der Waals surface area contributed by atoms with Gasteiger partial charge in [0.25, 0.3) is 11.8 Å². The molecule has 25 heavy (non-hydrogen) atoms. The molecule has 0 aromatic heterocycles. The smallest absolute Gasteiger partial charge is 0.255 e. The molecule has 0 heterocycles. The van der Waals surface area contributed by atoms with Crippen molar-refractivity contribution in [3.05, 3.63) is 59.2 Å². The molecule has 0 aliphatic rings. The molecule has 0 saturated heterocycles. The predicted molar refractivity (Wildman–Crippen MR) is 94.9 cm³/mol. The third-order valence-electron chi connectivity index (χ3n) is 3.61. The van der Waals surface area contributed by atoms with Crippen molar-refractivity contribution in [1.29, 1.82) is 0 Å². The molecule has 0 bridgehead atoms. The van der Waals surface area contributed by atoms with Crippen molar-refractivity contribution in [3.8, 4) is 11.5 Å². The molecule has 6 nitrogen and oxygen atoms in total. The van der Waals surface area contributed by atoms with E-state index in [9.17, 15) is 9.59 Å². The lowest BCUT2D eigenvalue weighted by Gasteiger charge is -2.10. The Balaban J connectivity index is 1.88. The average molecular weight is 342 g/mol. The Labute approximate surface area is 146 Å². The van der Waals surface area contributed by atoms with Crippen LogP contribution in [-0.4, -0.2) is 32.1 Å². The molecule has 0 aliphatic carbocycles. The second-order valence-corrected chi connectivity index (χ2v) is 5.60. The Bertz CT molecular complexity index is 742. The number of aryl methyl sites for hydroxylation is 1. The van der Waals surface area contributed by atoms with Crippen molar-refractivity contribution in [3.63, 3.8) is 0 Å². The maximum absolute atomic E-state index is 12.2. The number of carbonyl (C=O) groups excluding carboxylic acids is 2. The van der Waals surface area contributed by atoms with Gasteiger partial charge in [-0.3, -0.25) is 9.59 Å². The molecule has 2 aromatic carbocycles. The molecule has 0 aliphatic heterocycles. The van der Waals surface area contributed by atoms with Gasteiger partial charge in [0, 0.05) is 12.1 Å². The first-order valence-electron chi connectivity index (χ1n) is 7.92. The highest BCUT2D eigenvalue weighted by atomic mass is 16.5. The Morgan fingerprint density at radius 1 is 1.12 bits per heavy atom. The molecule has 6 heteroatoms. The lowest BCUT2D eigenvalue weighted by atomic mass is 10.1. The van der Waals surface area contributed by atoms with Crippen LogP contribution in [0, 0.1) is 6.92 Å². The van der Waals surface area contributed by atoms with E-state index in [-0.39, 0.29) is 12.5 Å². The standard InChI is InChI=1S/C19H22N2O4/c1-13-3-8-17(24-2)15(11-13)9-10-21-19(23)14-4-6-16(7-5-14)25-12-18(20)22/h3-8,11H,9-10,12H2,1-2H3,(H2,20,22)(H,21,23). The van der Waals surface area contributed by atoms with E-state index in [1.807, 2.05) is 19.1 Å². The molecule has 0 unspecified atom stereocenters. The lowest BCUT2D eigenvalue weighted by Crippen LogP contribution is -2.25. The fraction of sp³-hybridized carbons (Fsp3) is 0.263. The number of primary amides is 1. The van der Waals surface area contributed by atoms with Crippen LogP contribution in [0.4, 0.5) is 0 Å². The molecule has 2 rings (SSSR count). The minimum atomic E-state index is -0.548. The molecular weight excluding hydrogens is 320 g/mol. The summed E-state index contributed by atoms with van der Waals surface area (Å²) in [5, 5.41) is 2.88. The van der Waals surface area contributed by atoms with E-state index in [1.54, 1.807) is 31.4 Å². The van der Waals surface area contributed by atoms with Gasteiger partial charge in [-0.25, -0.2) is 0 Å². The number of hydrogen-bond acceptors (Lipinski definition) is 4. The first-order chi connectivity index (χ1) is 12.0. The summed E-state index contributed by atoms with van der Waals surface area (Å²) in [5.74, 6) is 0.581. The van der Waals surface area contributed by atoms with Crippen LogP contribution in [0.25, 0.3) is 0 Å². The van der Waals surface area contributed by atoms with E-state index in [0.717, 1.165) is 16.9 Å². The summed E-state index contributed by atoms with van der Waals surface area (Å²) in [7, 11) is 1.63. The normalized spacial score (nSPS) is 10.2. The van der Waals surface area contributed by atoms with Gasteiger partial charge in [0.2, 0.25) is 0 Å². The number of rotatable bonds is 8. The van der Waals surface area contributed by atoms with Crippen molar-refractivity contribution in [1.82, 2.24) is 5.32 Å². The van der Waals surface area contributed by atoms with Crippen molar-refractivity contribution in [2.24, 2.45) is 5.73 Å². The summed E-state index contributed by atoms with van der Waals surface area (Å²) in [4.78, 5) is 22.9. The fourth-order valence-electron chi connectivity index (χ4n) is 2.37. The summed E-state index contributed by atoms with van der Waals surface area (Å²) >= 11 is 0. The highest BCUT2D eigenvalue weighted by Gasteiger charge is 2.08. The van der Waals surface area contributed by atoms with Crippen LogP contribution in [0.1, 0.15) is 21.5 Å². The van der Waals surface area contributed by atoms with Crippen LogP contribution in [0.5, 0.6) is 11.5 Å². The molecule has 0 atom stereocenters. The van der Waals surface area contributed by atoms with E-state index in [0.29, 0.717) is 24.3 Å². The maximum Gasteiger partial charge on any atom is 0.255 e. The maximum atomic E-state index is 12.2. The molecule has 132 valence electrons. The number of methoxy groups -OCH3 is 1. The number of nitrogens with two attached hydrogens (primary N) is 1. The molecule has 2 amide bonds. The van der Waals surface area contributed by atoms with Crippen molar-refractivity contribution in [2.75, 3.05) is 20.3 Å². The van der Waals surface area contributed by atoms with Crippen molar-refractivity contribution >= 4 is 11.8 Å². The Morgan fingerprint density at radius 3 is 2.48 bits per heavy atom. The minimum absolute atomic E-state index is 0.173. The van der Waals surface area contributed by atoms with Gasteiger partial charge in [0.05, 0.1) is 7.11 Å². The monoisotopic (exact) mass is 342 g/mol. The second-order valence-electron chi connectivity index (χ2n) is 5.60. The van der Waals surface area contributed by atoms with Gasteiger partial charge in [0.15, 0.2) is 6.61 Å². The third-order valence-corrected chi connectivity index (χ3v) is 3.61. The summed E-state index contributed by atoms with van der Waals surface area (Å²) in [6, 6.07) is 12.5. The van der Waals surface area contributed by atoms with E-state index in [2.05, 4.69) is 11.4 Å². The zero-order valence-corrected chi connectivity index (χ0v) is 14.4. The Kier molecular flexibility index (Phi) is 6.39. The zero-order valence-electron chi connectivity index (χ0n) is 14.4. The van der Waals surface area contributed by atoms with Crippen LogP contribution in [0.3, 0.4) is 0 Å². The second kappa shape index (κ2) is 8.73. The van der Waals surface area contributed by atoms with Gasteiger partial charge in [-0.1, -0.05) is 17.7 Å². The Hall–Kier alpha value is -3.02. The third kappa shape index (κ3) is 5.53. The van der Waals surface area contributed by atoms with Gasteiger partial charge in [0.1, 0.15) is 11.5 Å². The van der Waals surface area contributed by atoms with Crippen molar-refractivity contribution in [2.45, 2.75) is 13.3 Å². The van der Waals surface area contributed by atoms with E-state index in [4.69, 9.17) is 15.2 Å². The van der Waals surface area contributed by atoms with Gasteiger partial charge in [-0.15, -0.1) is 0 Å². The first kappa shape index (κ1) is 18.3. The summed E-state index contributed by atoms with van der Waals surface area (Å²) < 4.78 is 10.5. The minimum Gasteiger partial charge on any atom is -0.496 e. The van der Waals surface area contributed by atoms with Crippen molar-refractivity contribution < 1.29 is 19.1 Å². The molecule has 2 aromatic rings. The molecule has 3 N–H and O–H groups in total. The number of ether oxygens (including phenoxy) is 2. The fourth-order valence-corrected chi connectivity index (χ4v) is 2.37. The number of benzene rings is 2. The molecule has 0 saturated carbocycles. The number of amides is 2. The van der Waals surface area contributed by atoms with Crippen LogP contribution < -0.4 is 20.5 Å². The highest BCUT2D eigenvalue weighted by Crippen LogP contribution is 2.19. The summed E-state index contributed by atoms with van der Waals surface area (Å²) in [5.41, 5.74) is 7.73. The highest BCUT2D eigenvalue weighted by molar-refractivity contribution is 5.94. The number of nitrogens with one attached hydrogen (secondary N) is 1. The van der Waals surface area contributed by atoms with Crippen LogP contribution in [0.2, 0.25) is 0 Å². The van der Waals surface area contributed by atoms with Crippen LogP contribution in [-0.2, 0) is 11.2 Å². The summed E-state index contributed by atoms with van der Waals surface area (Å²) in [6.45, 7) is 2.33. The molecular formula is C19H22N2O4. The largest absolute Gasteiger partial charge is 0.496 e. The van der Waals surface area contributed by atoms with Crippen LogP contribution >= 0.6 is 0 Å². The molecule has 0 spiro atoms. The van der Waals surface area contributed by atoms with Gasteiger partial charge >= 0.3 is 0 Å². The van der Waals surface area contributed by atoms with Crippen LogP contribution in [0.15, 0.2) is 42.5 Å². The number of carbonyl (C=O) groups is 2. The SMILES string of the molecule is COc1ccc(C)cc1CCNC(=O)c1ccc(OCC(N)=O)cc1. The molecule has 0 fully saturated rings. The average Bonchev–Trinajstić information content (AvgIpc) is 2.60. The first-order valence-corrected chi connectivity index (χ1v) is 7.92. The Morgan fingerprint density at radius 2 is 1.84 bits per heavy atom. The van der Waals surface area contributed by atoms with E-state index < -0.39 is 5.91 Å². The van der Waals surface area contributed by atoms with Gasteiger partial charge in [-0.05, 0) is 49.2 Å². The molecule has 0 radical (unpaired) electrons. The van der Waals surface area contributed by atoms with E-state index >= 15 is 0 Å². The van der Waals surface area contributed by atoms with Gasteiger partial charge < -0.3 is 20.5 Å². The van der Waals surface area contributed by atoms with Gasteiger partial charge in [-0.2, -0.15) is 0 Å². The number of hydrogen-bond donors (Lipinski definition) is 2. The predicted octanol–water partition coefficient (Wildman–Crippen LogP) is 1.84. The lowest BCUT2D eigenvalue weighted by molar-refractivity contribution is -0.119. The zero-order chi connectivity index (χ0) is 18.2. The topological polar surface area (TPSA) is 90.7 Å². The quantitative estimate of drug-likeness (QED) is 0.766.